The first kappa shape index (κ1) is 79.6. The van der Waals surface area contributed by atoms with Gasteiger partial charge in [-0.25, -0.2) is 0 Å². The summed E-state index contributed by atoms with van der Waals surface area (Å²) in [6, 6.07) is 0. The van der Waals surface area contributed by atoms with Gasteiger partial charge >= 0.3 is 17.9 Å². The van der Waals surface area contributed by atoms with Crippen molar-refractivity contribution in [2.45, 2.75) is 374 Å². The maximum absolute atomic E-state index is 12.9. The van der Waals surface area contributed by atoms with Gasteiger partial charge in [0.15, 0.2) is 6.10 Å². The lowest BCUT2D eigenvalue weighted by atomic mass is 10.0. The highest BCUT2D eigenvalue weighted by molar-refractivity contribution is 5.71. The summed E-state index contributed by atoms with van der Waals surface area (Å²) in [5, 5.41) is 0. The van der Waals surface area contributed by atoms with E-state index in [0.29, 0.717) is 19.3 Å². The molecule has 0 rings (SSSR count). The maximum atomic E-state index is 12.9. The van der Waals surface area contributed by atoms with Crippen LogP contribution in [0.2, 0.25) is 0 Å². The second-order valence-electron chi connectivity index (χ2n) is 24.1. The van der Waals surface area contributed by atoms with Crippen LogP contribution in [-0.4, -0.2) is 37.2 Å². The number of carbonyl (C=O) groups is 3. The molecule has 0 fully saturated rings. The fraction of sp³-hybridized carbons (Fsp3) is 0.779. The van der Waals surface area contributed by atoms with Crippen LogP contribution in [0.1, 0.15) is 367 Å². The summed E-state index contributed by atoms with van der Waals surface area (Å²) in [6.07, 6.45) is 94.9. The number of unbranched alkanes of at least 4 members (excludes halogenated alkanes) is 41. The highest BCUT2D eigenvalue weighted by atomic mass is 16.6. The van der Waals surface area contributed by atoms with Gasteiger partial charge in [0.25, 0.3) is 0 Å². The molecule has 0 aromatic heterocycles. The number of ether oxygens (including phenoxy) is 3. The summed E-state index contributed by atoms with van der Waals surface area (Å²) in [7, 11) is 0. The first-order valence-corrected chi connectivity index (χ1v) is 36.1. The van der Waals surface area contributed by atoms with E-state index in [0.717, 1.165) is 96.3 Å². The van der Waals surface area contributed by atoms with Crippen molar-refractivity contribution in [2.75, 3.05) is 13.2 Å². The van der Waals surface area contributed by atoms with Gasteiger partial charge in [0.05, 0.1) is 0 Å². The van der Waals surface area contributed by atoms with Crippen molar-refractivity contribution in [3.63, 3.8) is 0 Å². The summed E-state index contributed by atoms with van der Waals surface area (Å²) in [4.78, 5) is 38.3. The molecular formula is C77H136O6. The van der Waals surface area contributed by atoms with E-state index in [4.69, 9.17) is 14.2 Å². The van der Waals surface area contributed by atoms with Crippen molar-refractivity contribution in [3.8, 4) is 0 Å². The summed E-state index contributed by atoms with van der Waals surface area (Å²) in [5.41, 5.74) is 0. The van der Waals surface area contributed by atoms with Gasteiger partial charge in [-0.05, 0) is 96.3 Å². The zero-order valence-electron chi connectivity index (χ0n) is 55.2. The molecule has 0 spiro atoms. The Morgan fingerprint density at radius 2 is 0.470 bits per heavy atom. The molecule has 0 saturated heterocycles. The van der Waals surface area contributed by atoms with Crippen LogP contribution in [0.5, 0.6) is 0 Å². The molecule has 0 aliphatic heterocycles. The van der Waals surface area contributed by atoms with Crippen LogP contribution in [0.3, 0.4) is 0 Å². The molecule has 1 atom stereocenters. The van der Waals surface area contributed by atoms with Crippen LogP contribution in [0.4, 0.5) is 0 Å². The normalized spacial score (nSPS) is 12.6. The van der Waals surface area contributed by atoms with E-state index < -0.39 is 6.10 Å². The molecule has 0 saturated carbocycles. The van der Waals surface area contributed by atoms with Crippen LogP contribution in [0.25, 0.3) is 0 Å². The van der Waals surface area contributed by atoms with Crippen molar-refractivity contribution in [3.05, 3.63) is 85.1 Å². The zero-order valence-corrected chi connectivity index (χ0v) is 55.2. The van der Waals surface area contributed by atoms with Crippen molar-refractivity contribution < 1.29 is 28.6 Å². The minimum atomic E-state index is -0.776. The molecule has 0 aliphatic carbocycles. The van der Waals surface area contributed by atoms with E-state index in [9.17, 15) is 14.4 Å². The Hall–Kier alpha value is -3.41. The van der Waals surface area contributed by atoms with Crippen LogP contribution < -0.4 is 0 Å². The Labute approximate surface area is 515 Å². The molecule has 83 heavy (non-hydrogen) atoms. The molecule has 6 nitrogen and oxygen atoms in total. The molecule has 480 valence electrons. The third-order valence-electron chi connectivity index (χ3n) is 15.9. The Balaban J connectivity index is 4.09. The molecule has 0 amide bonds. The first-order chi connectivity index (χ1) is 41.0. The van der Waals surface area contributed by atoms with E-state index in [2.05, 4.69) is 106 Å². The van der Waals surface area contributed by atoms with Gasteiger partial charge in [0.2, 0.25) is 0 Å². The quantitative estimate of drug-likeness (QED) is 0.0261. The molecule has 0 N–H and O–H groups in total. The maximum Gasteiger partial charge on any atom is 0.306 e. The highest BCUT2D eigenvalue weighted by Gasteiger charge is 2.19. The van der Waals surface area contributed by atoms with Crippen LogP contribution in [0, 0.1) is 0 Å². The predicted octanol–water partition coefficient (Wildman–Crippen LogP) is 25.0. The SMILES string of the molecule is CC/C=C\C/C=C\C/C=C\C/C=C\CCCCCCCCCCCCC(=O)OC(COC(=O)CCCCCCCCCCC)COC(=O)CCCCCCCCCCCCCCCCCCCC/C=C\C/C=C\C/C=C\CCCCCCC. The summed E-state index contributed by atoms with van der Waals surface area (Å²) in [5.74, 6) is -0.862. The fourth-order valence-corrected chi connectivity index (χ4v) is 10.5. The fourth-order valence-electron chi connectivity index (χ4n) is 10.5. The number of rotatable bonds is 66. The molecule has 0 heterocycles. The van der Waals surface area contributed by atoms with Gasteiger partial charge in [-0.2, -0.15) is 0 Å². The van der Waals surface area contributed by atoms with E-state index in [1.807, 2.05) is 0 Å². The van der Waals surface area contributed by atoms with Gasteiger partial charge in [-0.1, -0.05) is 337 Å². The number of allylic oxidation sites excluding steroid dienone is 14. The molecule has 0 bridgehead atoms. The number of carbonyl (C=O) groups excluding carboxylic acids is 3. The molecule has 0 aromatic rings. The molecule has 6 heteroatoms. The lowest BCUT2D eigenvalue weighted by Crippen LogP contribution is -2.30. The van der Waals surface area contributed by atoms with E-state index in [-0.39, 0.29) is 31.1 Å². The highest BCUT2D eigenvalue weighted by Crippen LogP contribution is 2.18. The standard InChI is InChI=1S/C77H136O6/c1-4-7-10-13-16-19-21-23-25-27-29-31-33-34-35-36-37-38-39-40-41-42-44-45-47-49-51-53-55-58-61-64-67-70-76(79)82-73-74(72-81-75(78)69-66-63-60-57-18-15-12-9-6-3)83-77(80)71-68-65-62-59-56-54-52-50-48-46-43-32-30-28-26-24-22-20-17-14-11-8-5-2/h8,11,17,20-21,23-24,26-27,29-30,32-34,74H,4-7,9-10,12-16,18-19,22,25,28,31,35-73H2,1-3H3/b11-8-,20-17-,23-21-,26-24-,29-27-,32-30-,34-33-. The predicted molar refractivity (Wildman–Crippen MR) is 362 cm³/mol. The summed E-state index contributed by atoms with van der Waals surface area (Å²) in [6.45, 7) is 6.54. The van der Waals surface area contributed by atoms with E-state index in [1.54, 1.807) is 0 Å². The van der Waals surface area contributed by atoms with Gasteiger partial charge in [-0.15, -0.1) is 0 Å². The summed E-state index contributed by atoms with van der Waals surface area (Å²) < 4.78 is 16.9. The largest absolute Gasteiger partial charge is 0.462 e. The zero-order chi connectivity index (χ0) is 59.9. The lowest BCUT2D eigenvalue weighted by molar-refractivity contribution is -0.167. The van der Waals surface area contributed by atoms with Crippen molar-refractivity contribution in [2.24, 2.45) is 0 Å². The van der Waals surface area contributed by atoms with Crippen molar-refractivity contribution >= 4 is 17.9 Å². The van der Waals surface area contributed by atoms with Crippen molar-refractivity contribution in [1.82, 2.24) is 0 Å². The molecule has 0 aromatic carbocycles. The molecule has 0 aliphatic rings. The first-order valence-electron chi connectivity index (χ1n) is 36.1. The second kappa shape index (κ2) is 71.1. The number of esters is 3. The van der Waals surface area contributed by atoms with Gasteiger partial charge in [-0.3, -0.25) is 14.4 Å². The Morgan fingerprint density at radius 3 is 0.735 bits per heavy atom. The second-order valence-corrected chi connectivity index (χ2v) is 24.1. The minimum absolute atomic E-state index is 0.0735. The van der Waals surface area contributed by atoms with Gasteiger partial charge < -0.3 is 14.2 Å². The van der Waals surface area contributed by atoms with Crippen LogP contribution in [-0.2, 0) is 28.6 Å². The average Bonchev–Trinajstić information content (AvgIpc) is 3.49. The Morgan fingerprint density at radius 1 is 0.253 bits per heavy atom. The van der Waals surface area contributed by atoms with Crippen LogP contribution >= 0.6 is 0 Å². The minimum Gasteiger partial charge on any atom is -0.462 e. The number of hydrogen-bond acceptors (Lipinski definition) is 6. The van der Waals surface area contributed by atoms with Crippen LogP contribution in [0.15, 0.2) is 85.1 Å². The van der Waals surface area contributed by atoms with Gasteiger partial charge in [0.1, 0.15) is 13.2 Å². The smallest absolute Gasteiger partial charge is 0.306 e. The third-order valence-corrected chi connectivity index (χ3v) is 15.9. The topological polar surface area (TPSA) is 78.9 Å². The molecular weight excluding hydrogens is 1020 g/mol. The Bertz CT molecular complexity index is 1570. The monoisotopic (exact) mass is 1160 g/mol. The van der Waals surface area contributed by atoms with Gasteiger partial charge in [0, 0.05) is 19.3 Å². The summed E-state index contributed by atoms with van der Waals surface area (Å²) >= 11 is 0. The van der Waals surface area contributed by atoms with E-state index >= 15 is 0 Å². The molecule has 0 radical (unpaired) electrons. The Kier molecular flexibility index (Phi) is 68.2. The van der Waals surface area contributed by atoms with E-state index in [1.165, 1.54) is 231 Å². The number of hydrogen-bond donors (Lipinski definition) is 0. The average molecular weight is 1160 g/mol. The van der Waals surface area contributed by atoms with Crippen molar-refractivity contribution in [1.29, 1.82) is 0 Å². The third kappa shape index (κ3) is 69.3. The molecule has 1 unspecified atom stereocenters. The lowest BCUT2D eigenvalue weighted by Gasteiger charge is -2.18.